The number of nitrogens with one attached hydrogen (secondary N) is 1. The highest BCUT2D eigenvalue weighted by Gasteiger charge is 2.16. The predicted octanol–water partition coefficient (Wildman–Crippen LogP) is 4.11. The third-order valence-corrected chi connectivity index (χ3v) is 3.53. The van der Waals surface area contributed by atoms with E-state index in [2.05, 4.69) is 45.1 Å². The zero-order valence-corrected chi connectivity index (χ0v) is 14.2. The summed E-state index contributed by atoms with van der Waals surface area (Å²) in [5.41, 5.74) is 2.44. The molecule has 3 nitrogen and oxygen atoms in total. The molecule has 0 aliphatic carbocycles. The molecule has 0 spiro atoms. The number of aryl methyl sites for hydroxylation is 1. The Labute approximate surface area is 130 Å². The third-order valence-electron chi connectivity index (χ3n) is 3.53. The van der Waals surface area contributed by atoms with E-state index in [0.29, 0.717) is 12.5 Å². The quantitative estimate of drug-likeness (QED) is 0.659. The van der Waals surface area contributed by atoms with Gasteiger partial charge in [0.1, 0.15) is 5.75 Å². The molecule has 0 heterocycles. The molecule has 1 N–H and O–H groups in total. The Morgan fingerprint density at radius 3 is 2.62 bits per heavy atom. The van der Waals surface area contributed by atoms with Crippen molar-refractivity contribution >= 4 is 0 Å². The molecule has 0 aliphatic rings. The number of ether oxygens (including phenoxy) is 2. The second-order valence-corrected chi connectivity index (χ2v) is 6.01. The van der Waals surface area contributed by atoms with Crippen LogP contribution in [0.25, 0.3) is 0 Å². The van der Waals surface area contributed by atoms with Gasteiger partial charge in [-0.25, -0.2) is 0 Å². The lowest BCUT2D eigenvalue weighted by atomic mass is 10.0. The molecule has 3 heteroatoms. The lowest BCUT2D eigenvalue weighted by molar-refractivity contribution is 0.102. The summed E-state index contributed by atoms with van der Waals surface area (Å²) >= 11 is 0. The van der Waals surface area contributed by atoms with E-state index < -0.39 is 0 Å². The SMILES string of the molecule is CCCNC(COCCC(C)C)c1cc(C)ccc1OC. The topological polar surface area (TPSA) is 30.5 Å². The van der Waals surface area contributed by atoms with Crippen LogP contribution >= 0.6 is 0 Å². The first-order valence-electron chi connectivity index (χ1n) is 8.04. The van der Waals surface area contributed by atoms with E-state index >= 15 is 0 Å². The maximum atomic E-state index is 5.88. The van der Waals surface area contributed by atoms with Crippen molar-refractivity contribution in [3.63, 3.8) is 0 Å². The normalized spacial score (nSPS) is 12.7. The van der Waals surface area contributed by atoms with Gasteiger partial charge in [0.15, 0.2) is 0 Å². The molecule has 21 heavy (non-hydrogen) atoms. The maximum absolute atomic E-state index is 5.88. The Balaban J connectivity index is 2.73. The number of hydrogen-bond donors (Lipinski definition) is 1. The first-order valence-corrected chi connectivity index (χ1v) is 8.04. The highest BCUT2D eigenvalue weighted by atomic mass is 16.5. The fraction of sp³-hybridized carbons (Fsp3) is 0.667. The van der Waals surface area contributed by atoms with Crippen LogP contribution < -0.4 is 10.1 Å². The molecule has 0 saturated heterocycles. The molecule has 0 saturated carbocycles. The average Bonchev–Trinajstić information content (AvgIpc) is 2.46. The van der Waals surface area contributed by atoms with Gasteiger partial charge in [-0.05, 0) is 38.3 Å². The van der Waals surface area contributed by atoms with E-state index in [4.69, 9.17) is 9.47 Å². The van der Waals surface area contributed by atoms with Crippen LogP contribution in [0.15, 0.2) is 18.2 Å². The molecule has 0 fully saturated rings. The lowest BCUT2D eigenvalue weighted by Gasteiger charge is -2.22. The van der Waals surface area contributed by atoms with Crippen molar-refractivity contribution in [2.45, 2.75) is 46.6 Å². The molecule has 1 rings (SSSR count). The van der Waals surface area contributed by atoms with Gasteiger partial charge in [0, 0.05) is 12.2 Å². The van der Waals surface area contributed by atoms with Crippen LogP contribution in [0.3, 0.4) is 0 Å². The molecule has 0 aromatic heterocycles. The van der Waals surface area contributed by atoms with E-state index in [-0.39, 0.29) is 6.04 Å². The Hall–Kier alpha value is -1.06. The van der Waals surface area contributed by atoms with Gasteiger partial charge in [-0.2, -0.15) is 0 Å². The minimum Gasteiger partial charge on any atom is -0.496 e. The van der Waals surface area contributed by atoms with Gasteiger partial charge >= 0.3 is 0 Å². The van der Waals surface area contributed by atoms with Crippen LogP contribution in [0.2, 0.25) is 0 Å². The summed E-state index contributed by atoms with van der Waals surface area (Å²) in [5.74, 6) is 1.61. The Bertz CT molecular complexity index is 404. The van der Waals surface area contributed by atoms with Crippen LogP contribution in [0.1, 0.15) is 50.8 Å². The lowest BCUT2D eigenvalue weighted by Crippen LogP contribution is -2.27. The van der Waals surface area contributed by atoms with Crippen molar-refractivity contribution < 1.29 is 9.47 Å². The first-order chi connectivity index (χ1) is 10.1. The molecule has 0 radical (unpaired) electrons. The molecule has 1 aromatic rings. The van der Waals surface area contributed by atoms with E-state index in [1.54, 1.807) is 7.11 Å². The van der Waals surface area contributed by atoms with E-state index in [0.717, 1.165) is 31.7 Å². The van der Waals surface area contributed by atoms with Crippen molar-refractivity contribution in [1.29, 1.82) is 0 Å². The highest BCUT2D eigenvalue weighted by Crippen LogP contribution is 2.26. The Kier molecular flexibility index (Phi) is 8.40. The minimum absolute atomic E-state index is 0.187. The van der Waals surface area contributed by atoms with Crippen molar-refractivity contribution in [1.82, 2.24) is 5.32 Å². The van der Waals surface area contributed by atoms with Crippen LogP contribution in [-0.4, -0.2) is 26.9 Å². The summed E-state index contributed by atoms with van der Waals surface area (Å²) < 4.78 is 11.4. The van der Waals surface area contributed by atoms with Crippen LogP contribution in [0.5, 0.6) is 5.75 Å². The second-order valence-electron chi connectivity index (χ2n) is 6.01. The van der Waals surface area contributed by atoms with Crippen LogP contribution in [-0.2, 0) is 4.74 Å². The maximum Gasteiger partial charge on any atom is 0.123 e. The summed E-state index contributed by atoms with van der Waals surface area (Å²) in [7, 11) is 1.73. The minimum atomic E-state index is 0.187. The van der Waals surface area contributed by atoms with Crippen molar-refractivity contribution in [3.05, 3.63) is 29.3 Å². The van der Waals surface area contributed by atoms with E-state index in [9.17, 15) is 0 Å². The van der Waals surface area contributed by atoms with E-state index in [1.165, 1.54) is 11.1 Å². The summed E-state index contributed by atoms with van der Waals surface area (Å²) in [5, 5.41) is 3.57. The molecule has 0 bridgehead atoms. The zero-order chi connectivity index (χ0) is 15.7. The van der Waals surface area contributed by atoms with Gasteiger partial charge in [0.05, 0.1) is 19.8 Å². The fourth-order valence-corrected chi connectivity index (χ4v) is 2.22. The van der Waals surface area contributed by atoms with Gasteiger partial charge in [-0.1, -0.05) is 38.5 Å². The molecule has 1 atom stereocenters. The first kappa shape index (κ1) is 18.0. The third kappa shape index (κ3) is 6.49. The number of rotatable bonds is 10. The zero-order valence-electron chi connectivity index (χ0n) is 14.2. The standard InChI is InChI=1S/C18H31NO2/c1-6-10-19-17(13-21-11-9-14(2)3)16-12-15(4)7-8-18(16)20-5/h7-8,12,14,17,19H,6,9-11,13H2,1-5H3. The summed E-state index contributed by atoms with van der Waals surface area (Å²) in [4.78, 5) is 0. The van der Waals surface area contributed by atoms with Crippen molar-refractivity contribution in [2.75, 3.05) is 26.9 Å². The van der Waals surface area contributed by atoms with Crippen LogP contribution in [0, 0.1) is 12.8 Å². The molecule has 1 aromatic carbocycles. The molecule has 0 amide bonds. The second kappa shape index (κ2) is 9.80. The van der Waals surface area contributed by atoms with Gasteiger partial charge in [-0.15, -0.1) is 0 Å². The molecular weight excluding hydrogens is 262 g/mol. The molecule has 1 unspecified atom stereocenters. The van der Waals surface area contributed by atoms with Crippen LogP contribution in [0.4, 0.5) is 0 Å². The predicted molar refractivity (Wildman–Crippen MR) is 89.0 cm³/mol. The summed E-state index contributed by atoms with van der Waals surface area (Å²) in [6.07, 6.45) is 2.21. The van der Waals surface area contributed by atoms with E-state index in [1.807, 2.05) is 6.07 Å². The fourth-order valence-electron chi connectivity index (χ4n) is 2.22. The van der Waals surface area contributed by atoms with Gasteiger partial charge < -0.3 is 14.8 Å². The summed E-state index contributed by atoms with van der Waals surface area (Å²) in [6, 6.07) is 6.50. The number of hydrogen-bond acceptors (Lipinski definition) is 3. The highest BCUT2D eigenvalue weighted by molar-refractivity contribution is 5.39. The van der Waals surface area contributed by atoms with Crippen molar-refractivity contribution in [2.24, 2.45) is 5.92 Å². The Morgan fingerprint density at radius 1 is 1.24 bits per heavy atom. The van der Waals surface area contributed by atoms with Crippen molar-refractivity contribution in [3.8, 4) is 5.75 Å². The number of benzene rings is 1. The molecular formula is C18H31NO2. The molecule has 120 valence electrons. The number of methoxy groups -OCH3 is 1. The average molecular weight is 293 g/mol. The smallest absolute Gasteiger partial charge is 0.123 e. The monoisotopic (exact) mass is 293 g/mol. The van der Waals surface area contributed by atoms with Gasteiger partial charge in [-0.3, -0.25) is 0 Å². The Morgan fingerprint density at radius 2 is 2.00 bits per heavy atom. The van der Waals surface area contributed by atoms with Gasteiger partial charge in [0.25, 0.3) is 0 Å². The van der Waals surface area contributed by atoms with Gasteiger partial charge in [0.2, 0.25) is 0 Å². The largest absolute Gasteiger partial charge is 0.496 e. The summed E-state index contributed by atoms with van der Waals surface area (Å²) in [6.45, 7) is 11.2. The molecule has 0 aliphatic heterocycles.